The summed E-state index contributed by atoms with van der Waals surface area (Å²) in [6.45, 7) is 4.42. The Morgan fingerprint density at radius 2 is 1.79 bits per heavy atom. The maximum Gasteiger partial charge on any atom is 0.224 e. The van der Waals surface area contributed by atoms with E-state index in [-0.39, 0.29) is 11.8 Å². The molecule has 0 fully saturated rings. The lowest BCUT2D eigenvalue weighted by Gasteiger charge is -2.11. The zero-order chi connectivity index (χ0) is 21.2. The monoisotopic (exact) mass is 398 g/mol. The van der Waals surface area contributed by atoms with E-state index >= 15 is 0 Å². The van der Waals surface area contributed by atoms with E-state index < -0.39 is 0 Å². The number of carbonyl (C=O) groups is 2. The predicted molar refractivity (Wildman–Crippen MR) is 114 cm³/mol. The minimum Gasteiger partial charge on any atom is -0.497 e. The molecule has 0 unspecified atom stereocenters. The first-order chi connectivity index (χ1) is 13.9. The van der Waals surface area contributed by atoms with Gasteiger partial charge in [0.2, 0.25) is 11.8 Å². The molecule has 0 heterocycles. The highest BCUT2D eigenvalue weighted by atomic mass is 16.5. The predicted octanol–water partition coefficient (Wildman–Crippen LogP) is 3.94. The van der Waals surface area contributed by atoms with Crippen LogP contribution in [0.2, 0.25) is 0 Å². The van der Waals surface area contributed by atoms with Gasteiger partial charge in [0.15, 0.2) is 0 Å². The molecule has 0 aliphatic heterocycles. The van der Waals surface area contributed by atoms with E-state index in [4.69, 9.17) is 9.47 Å². The van der Waals surface area contributed by atoms with Crippen molar-refractivity contribution in [3.8, 4) is 11.5 Å². The van der Waals surface area contributed by atoms with Gasteiger partial charge in [0.05, 0.1) is 14.2 Å². The Labute approximate surface area is 172 Å². The van der Waals surface area contributed by atoms with Crippen LogP contribution in [0, 0.1) is 5.92 Å². The number of hydrogen-bond acceptors (Lipinski definition) is 4. The largest absolute Gasteiger partial charge is 0.497 e. The minimum atomic E-state index is -0.0517. The second kappa shape index (κ2) is 11.1. The van der Waals surface area contributed by atoms with Gasteiger partial charge < -0.3 is 20.1 Å². The topological polar surface area (TPSA) is 76.7 Å². The summed E-state index contributed by atoms with van der Waals surface area (Å²) in [5, 5.41) is 5.82. The van der Waals surface area contributed by atoms with Crippen LogP contribution in [0.5, 0.6) is 11.5 Å². The molecule has 2 aromatic carbocycles. The van der Waals surface area contributed by atoms with E-state index in [0.29, 0.717) is 31.7 Å². The van der Waals surface area contributed by atoms with E-state index in [9.17, 15) is 9.59 Å². The summed E-state index contributed by atoms with van der Waals surface area (Å²) in [6, 6.07) is 13.1. The molecule has 0 aromatic heterocycles. The molecule has 0 aliphatic carbocycles. The van der Waals surface area contributed by atoms with E-state index in [1.165, 1.54) is 0 Å². The summed E-state index contributed by atoms with van der Waals surface area (Å²) < 4.78 is 10.6. The minimum absolute atomic E-state index is 0.00609. The Morgan fingerprint density at radius 3 is 2.48 bits per heavy atom. The first-order valence-electron chi connectivity index (χ1n) is 9.77. The van der Waals surface area contributed by atoms with Crippen LogP contribution in [-0.4, -0.2) is 26.0 Å². The lowest BCUT2D eigenvalue weighted by molar-refractivity contribution is -0.121. The number of anilines is 1. The molecule has 2 N–H and O–H groups in total. The highest BCUT2D eigenvalue weighted by Crippen LogP contribution is 2.25. The fourth-order valence-electron chi connectivity index (χ4n) is 2.96. The molecule has 0 radical (unpaired) electrons. The summed E-state index contributed by atoms with van der Waals surface area (Å²) in [5.74, 6) is 1.72. The number of hydrogen-bond donors (Lipinski definition) is 2. The molecule has 2 rings (SSSR count). The molecule has 156 valence electrons. The van der Waals surface area contributed by atoms with E-state index in [0.717, 1.165) is 28.3 Å². The van der Waals surface area contributed by atoms with Crippen LogP contribution >= 0.6 is 0 Å². The third-order valence-corrected chi connectivity index (χ3v) is 4.40. The van der Waals surface area contributed by atoms with Crippen LogP contribution in [-0.2, 0) is 22.6 Å². The number of aryl methyl sites for hydroxylation is 1. The Kier molecular flexibility index (Phi) is 8.52. The third-order valence-electron chi connectivity index (χ3n) is 4.40. The van der Waals surface area contributed by atoms with Gasteiger partial charge in [-0.25, -0.2) is 0 Å². The average molecular weight is 399 g/mol. The molecule has 6 heteroatoms. The van der Waals surface area contributed by atoms with Crippen LogP contribution in [0.1, 0.15) is 37.8 Å². The fraction of sp³-hybridized carbons (Fsp3) is 0.391. The van der Waals surface area contributed by atoms with Gasteiger partial charge in [0.25, 0.3) is 0 Å². The van der Waals surface area contributed by atoms with Crippen LogP contribution < -0.4 is 20.1 Å². The SMILES string of the molecule is COc1ccc(OC)c(CCC(=O)NCc2cccc(NC(=O)CC(C)C)c2)c1. The molecule has 2 amide bonds. The molecule has 0 spiro atoms. The number of rotatable bonds is 10. The lowest BCUT2D eigenvalue weighted by Crippen LogP contribution is -2.23. The number of benzene rings is 2. The normalized spacial score (nSPS) is 10.5. The third kappa shape index (κ3) is 7.49. The van der Waals surface area contributed by atoms with Gasteiger partial charge >= 0.3 is 0 Å². The summed E-state index contributed by atoms with van der Waals surface area (Å²) in [7, 11) is 3.22. The van der Waals surface area contributed by atoms with Crippen molar-refractivity contribution in [3.05, 3.63) is 53.6 Å². The summed E-state index contributed by atoms with van der Waals surface area (Å²) in [6.07, 6.45) is 1.38. The molecule has 0 bridgehead atoms. The zero-order valence-electron chi connectivity index (χ0n) is 17.6. The van der Waals surface area contributed by atoms with Crippen molar-refractivity contribution in [3.63, 3.8) is 0 Å². The maximum absolute atomic E-state index is 12.3. The molecule has 0 aliphatic rings. The highest BCUT2D eigenvalue weighted by Gasteiger charge is 2.09. The van der Waals surface area contributed by atoms with E-state index in [2.05, 4.69) is 10.6 Å². The summed E-state index contributed by atoms with van der Waals surface area (Å²) in [4.78, 5) is 24.2. The van der Waals surface area contributed by atoms with Crippen molar-refractivity contribution in [1.29, 1.82) is 0 Å². The first-order valence-corrected chi connectivity index (χ1v) is 9.77. The van der Waals surface area contributed by atoms with Gasteiger partial charge in [-0.3, -0.25) is 9.59 Å². The van der Waals surface area contributed by atoms with Gasteiger partial charge in [0, 0.05) is 25.1 Å². The fourth-order valence-corrected chi connectivity index (χ4v) is 2.96. The molecule has 2 aromatic rings. The van der Waals surface area contributed by atoms with Gasteiger partial charge in [-0.1, -0.05) is 26.0 Å². The summed E-state index contributed by atoms with van der Waals surface area (Å²) >= 11 is 0. The molecule has 6 nitrogen and oxygen atoms in total. The van der Waals surface area contributed by atoms with Crippen LogP contribution in [0.4, 0.5) is 5.69 Å². The Bertz CT molecular complexity index is 833. The Morgan fingerprint density at radius 1 is 1.00 bits per heavy atom. The quantitative estimate of drug-likeness (QED) is 0.636. The van der Waals surface area contributed by atoms with Crippen molar-refractivity contribution >= 4 is 17.5 Å². The van der Waals surface area contributed by atoms with Crippen molar-refractivity contribution < 1.29 is 19.1 Å². The summed E-state index contributed by atoms with van der Waals surface area (Å²) in [5.41, 5.74) is 2.60. The zero-order valence-corrected chi connectivity index (χ0v) is 17.6. The molecule has 0 saturated heterocycles. The molecule has 0 atom stereocenters. The number of ether oxygens (including phenoxy) is 2. The molecular weight excluding hydrogens is 368 g/mol. The lowest BCUT2D eigenvalue weighted by atomic mass is 10.1. The maximum atomic E-state index is 12.3. The second-order valence-corrected chi connectivity index (χ2v) is 7.30. The number of amides is 2. The van der Waals surface area contributed by atoms with Crippen molar-refractivity contribution in [2.45, 2.75) is 39.7 Å². The Hall–Kier alpha value is -3.02. The number of nitrogens with one attached hydrogen (secondary N) is 2. The van der Waals surface area contributed by atoms with Crippen molar-refractivity contribution in [2.75, 3.05) is 19.5 Å². The van der Waals surface area contributed by atoms with Gasteiger partial charge in [-0.2, -0.15) is 0 Å². The van der Waals surface area contributed by atoms with E-state index in [1.54, 1.807) is 14.2 Å². The van der Waals surface area contributed by atoms with Crippen LogP contribution in [0.15, 0.2) is 42.5 Å². The van der Waals surface area contributed by atoms with Crippen molar-refractivity contribution in [1.82, 2.24) is 5.32 Å². The highest BCUT2D eigenvalue weighted by molar-refractivity contribution is 5.90. The van der Waals surface area contributed by atoms with Gasteiger partial charge in [-0.15, -0.1) is 0 Å². The number of methoxy groups -OCH3 is 2. The van der Waals surface area contributed by atoms with Gasteiger partial charge in [0.1, 0.15) is 11.5 Å². The van der Waals surface area contributed by atoms with Crippen LogP contribution in [0.3, 0.4) is 0 Å². The number of carbonyl (C=O) groups excluding carboxylic acids is 2. The average Bonchev–Trinajstić information content (AvgIpc) is 2.70. The molecular formula is C23H30N2O4. The Balaban J connectivity index is 1.86. The van der Waals surface area contributed by atoms with Crippen molar-refractivity contribution in [2.24, 2.45) is 5.92 Å². The van der Waals surface area contributed by atoms with E-state index in [1.807, 2.05) is 56.3 Å². The first kappa shape index (κ1) is 22.3. The second-order valence-electron chi connectivity index (χ2n) is 7.30. The standard InChI is InChI=1S/C23H30N2O4/c1-16(2)12-23(27)25-19-7-5-6-17(13-19)15-24-22(26)11-8-18-14-20(28-3)9-10-21(18)29-4/h5-7,9-10,13-14,16H,8,11-12,15H2,1-4H3,(H,24,26)(H,25,27). The smallest absolute Gasteiger partial charge is 0.224 e. The van der Waals surface area contributed by atoms with Gasteiger partial charge in [-0.05, 0) is 53.8 Å². The molecule has 29 heavy (non-hydrogen) atoms. The molecule has 0 saturated carbocycles. The van der Waals surface area contributed by atoms with Crippen LogP contribution in [0.25, 0.3) is 0 Å².